The van der Waals surface area contributed by atoms with Crippen molar-refractivity contribution in [2.45, 2.75) is 58.4 Å². The largest absolute Gasteiger partial charge is 0.308 e. The molecule has 1 aliphatic carbocycles. The molecule has 1 aliphatic heterocycles. The second-order valence-corrected chi connectivity index (χ2v) is 6.15. The highest BCUT2D eigenvalue weighted by atomic mass is 15.2. The summed E-state index contributed by atoms with van der Waals surface area (Å²) in [6, 6.07) is 0. The molecule has 1 saturated carbocycles. The number of rotatable bonds is 0. The minimum Gasteiger partial charge on any atom is -0.308 e. The Balaban J connectivity index is 2.03. The molecule has 13 heavy (non-hydrogen) atoms. The number of hydrogen-bond donors (Lipinski definition) is 1. The van der Waals surface area contributed by atoms with Crippen LogP contribution in [0.4, 0.5) is 0 Å². The molecule has 0 aromatic carbocycles. The van der Waals surface area contributed by atoms with Crippen LogP contribution in [0.3, 0.4) is 0 Å². The van der Waals surface area contributed by atoms with Gasteiger partial charge in [0.05, 0.1) is 0 Å². The molecule has 0 aromatic heterocycles. The van der Waals surface area contributed by atoms with Crippen LogP contribution in [0.15, 0.2) is 0 Å². The van der Waals surface area contributed by atoms with Crippen LogP contribution in [-0.4, -0.2) is 12.1 Å². The van der Waals surface area contributed by atoms with Gasteiger partial charge in [-0.15, -0.1) is 0 Å². The molecule has 1 spiro atoms. The van der Waals surface area contributed by atoms with Gasteiger partial charge < -0.3 is 5.32 Å². The van der Waals surface area contributed by atoms with Gasteiger partial charge in [-0.3, -0.25) is 0 Å². The summed E-state index contributed by atoms with van der Waals surface area (Å²) in [5.74, 6) is 0.935. The molecule has 1 saturated heterocycles. The third-order valence-electron chi connectivity index (χ3n) is 4.00. The van der Waals surface area contributed by atoms with Gasteiger partial charge in [0.25, 0.3) is 0 Å². The molecule has 0 unspecified atom stereocenters. The van der Waals surface area contributed by atoms with Gasteiger partial charge in [0.15, 0.2) is 0 Å². The quantitative estimate of drug-likeness (QED) is 0.570. The van der Waals surface area contributed by atoms with Crippen molar-refractivity contribution in [1.29, 1.82) is 0 Å². The molecule has 2 rings (SSSR count). The highest BCUT2D eigenvalue weighted by Gasteiger charge is 2.46. The first-order valence-corrected chi connectivity index (χ1v) is 5.77. The lowest BCUT2D eigenvalue weighted by atomic mass is 9.74. The lowest BCUT2D eigenvalue weighted by Gasteiger charge is -2.31. The maximum Gasteiger partial charge on any atom is 0.0310 e. The smallest absolute Gasteiger partial charge is 0.0310 e. The zero-order valence-electron chi connectivity index (χ0n) is 9.32. The van der Waals surface area contributed by atoms with E-state index in [0.717, 1.165) is 5.92 Å². The van der Waals surface area contributed by atoms with E-state index >= 15 is 0 Å². The van der Waals surface area contributed by atoms with Gasteiger partial charge in [-0.25, -0.2) is 0 Å². The minimum absolute atomic E-state index is 0.515. The van der Waals surface area contributed by atoms with Gasteiger partial charge in [-0.05, 0) is 30.6 Å². The monoisotopic (exact) mass is 181 g/mol. The first kappa shape index (κ1) is 9.51. The van der Waals surface area contributed by atoms with Crippen LogP contribution in [0.25, 0.3) is 0 Å². The van der Waals surface area contributed by atoms with E-state index in [0.29, 0.717) is 11.0 Å². The molecule has 2 atom stereocenters. The second-order valence-electron chi connectivity index (χ2n) is 6.15. The highest BCUT2D eigenvalue weighted by Crippen LogP contribution is 2.43. The Labute approximate surface area is 82.3 Å². The second kappa shape index (κ2) is 2.98. The molecule has 1 N–H and O–H groups in total. The summed E-state index contributed by atoms with van der Waals surface area (Å²) in [6.07, 6.45) is 7.20. The van der Waals surface area contributed by atoms with Crippen LogP contribution in [0, 0.1) is 11.3 Å². The summed E-state index contributed by atoms with van der Waals surface area (Å²) in [5.41, 5.74) is 1.11. The van der Waals surface area contributed by atoms with Gasteiger partial charge in [-0.2, -0.15) is 0 Å². The van der Waals surface area contributed by atoms with Crippen molar-refractivity contribution in [2.24, 2.45) is 11.3 Å². The van der Waals surface area contributed by atoms with Crippen molar-refractivity contribution in [3.8, 4) is 0 Å². The summed E-state index contributed by atoms with van der Waals surface area (Å²) in [5, 5.41) is 3.59. The van der Waals surface area contributed by atoms with E-state index in [1.54, 1.807) is 0 Å². The van der Waals surface area contributed by atoms with Crippen LogP contribution < -0.4 is 5.32 Å². The van der Waals surface area contributed by atoms with E-state index in [1.165, 1.54) is 38.6 Å². The Hall–Kier alpha value is -0.0400. The van der Waals surface area contributed by atoms with Crippen LogP contribution in [-0.2, 0) is 0 Å². The van der Waals surface area contributed by atoms with E-state index < -0.39 is 0 Å². The minimum atomic E-state index is 0.515. The van der Waals surface area contributed by atoms with Gasteiger partial charge in [0.1, 0.15) is 0 Å². The normalized spacial score (nSPS) is 40.4. The third kappa shape index (κ3) is 2.07. The molecule has 1 nitrogen and oxygen atoms in total. The van der Waals surface area contributed by atoms with Crippen LogP contribution >= 0.6 is 0 Å². The van der Waals surface area contributed by atoms with E-state index in [-0.39, 0.29) is 0 Å². The number of nitrogens with one attached hydrogen (secondary N) is 1. The van der Waals surface area contributed by atoms with Crippen molar-refractivity contribution in [2.75, 3.05) is 6.54 Å². The fourth-order valence-electron chi connectivity index (χ4n) is 2.72. The summed E-state index contributed by atoms with van der Waals surface area (Å²) in [6.45, 7) is 8.50. The predicted octanol–water partition coefficient (Wildman–Crippen LogP) is 2.95. The van der Waals surface area contributed by atoms with Crippen molar-refractivity contribution < 1.29 is 0 Å². The molecule has 0 bridgehead atoms. The van der Waals surface area contributed by atoms with Gasteiger partial charge >= 0.3 is 0 Å². The maximum absolute atomic E-state index is 3.59. The van der Waals surface area contributed by atoms with Crippen molar-refractivity contribution >= 4 is 0 Å². The Kier molecular flexibility index (Phi) is 2.18. The molecular formula is C12H23N. The van der Waals surface area contributed by atoms with Crippen molar-refractivity contribution in [3.63, 3.8) is 0 Å². The molecule has 0 aromatic rings. The van der Waals surface area contributed by atoms with Gasteiger partial charge in [0.2, 0.25) is 0 Å². The Morgan fingerprint density at radius 3 is 2.46 bits per heavy atom. The SMILES string of the molecule is CC(C)(C)[C@H]1CCCC[C@@]2(CN2)C1. The molecule has 76 valence electrons. The standard InChI is InChI=1S/C12H23N/c1-11(2,3)10-6-4-5-7-12(8-10)9-13-12/h10,13H,4-9H2,1-3H3/t10-,12-/m0/s1. The van der Waals surface area contributed by atoms with Gasteiger partial charge in [-0.1, -0.05) is 33.6 Å². The van der Waals surface area contributed by atoms with E-state index in [1.807, 2.05) is 0 Å². The lowest BCUT2D eigenvalue weighted by molar-refractivity contribution is 0.203. The molecule has 2 fully saturated rings. The summed E-state index contributed by atoms with van der Waals surface area (Å²) < 4.78 is 0. The molecule has 0 amide bonds. The summed E-state index contributed by atoms with van der Waals surface area (Å²) in [7, 11) is 0. The van der Waals surface area contributed by atoms with Crippen molar-refractivity contribution in [3.05, 3.63) is 0 Å². The highest BCUT2D eigenvalue weighted by molar-refractivity contribution is 5.06. The maximum atomic E-state index is 3.59. The van der Waals surface area contributed by atoms with Crippen LogP contribution in [0.2, 0.25) is 0 Å². The number of hydrogen-bond acceptors (Lipinski definition) is 1. The zero-order valence-corrected chi connectivity index (χ0v) is 9.32. The lowest BCUT2D eigenvalue weighted by Crippen LogP contribution is -2.26. The first-order chi connectivity index (χ1) is 6.02. The van der Waals surface area contributed by atoms with Gasteiger partial charge in [0, 0.05) is 12.1 Å². The predicted molar refractivity (Wildman–Crippen MR) is 56.8 cm³/mol. The topological polar surface area (TPSA) is 21.9 Å². The van der Waals surface area contributed by atoms with E-state index in [4.69, 9.17) is 0 Å². The fraction of sp³-hybridized carbons (Fsp3) is 1.00. The average molecular weight is 181 g/mol. The van der Waals surface area contributed by atoms with E-state index in [9.17, 15) is 0 Å². The summed E-state index contributed by atoms with van der Waals surface area (Å²) >= 11 is 0. The third-order valence-corrected chi connectivity index (χ3v) is 4.00. The zero-order chi connectivity index (χ0) is 9.53. The molecule has 2 aliphatic rings. The van der Waals surface area contributed by atoms with Crippen LogP contribution in [0.1, 0.15) is 52.9 Å². The summed E-state index contributed by atoms with van der Waals surface area (Å²) in [4.78, 5) is 0. The Morgan fingerprint density at radius 2 is 1.92 bits per heavy atom. The molecular weight excluding hydrogens is 158 g/mol. The molecule has 1 heteroatoms. The van der Waals surface area contributed by atoms with Crippen LogP contribution in [0.5, 0.6) is 0 Å². The van der Waals surface area contributed by atoms with E-state index in [2.05, 4.69) is 26.1 Å². The molecule has 0 radical (unpaired) electrons. The fourth-order valence-corrected chi connectivity index (χ4v) is 2.72. The average Bonchev–Trinajstić information content (AvgIpc) is 2.78. The Bertz CT molecular complexity index is 186. The first-order valence-electron chi connectivity index (χ1n) is 5.77. The Morgan fingerprint density at radius 1 is 1.23 bits per heavy atom. The van der Waals surface area contributed by atoms with Crippen molar-refractivity contribution in [1.82, 2.24) is 5.32 Å². The molecule has 1 heterocycles.